The molecule has 0 unspecified atom stereocenters. The Hall–Kier alpha value is -0.790. The average Bonchev–Trinajstić information content (AvgIpc) is 2.03. The van der Waals surface area contributed by atoms with Crippen molar-refractivity contribution < 1.29 is 4.79 Å². The van der Waals surface area contributed by atoms with Crippen LogP contribution in [0.1, 0.15) is 19.8 Å². The summed E-state index contributed by atoms with van der Waals surface area (Å²) in [6.45, 7) is 7.47. The van der Waals surface area contributed by atoms with E-state index in [0.29, 0.717) is 5.92 Å². The number of hydrogen-bond acceptors (Lipinski definition) is 1. The second kappa shape index (κ2) is 3.56. The predicted octanol–water partition coefficient (Wildman–Crippen LogP) is 1.43. The van der Waals surface area contributed by atoms with E-state index in [2.05, 4.69) is 13.5 Å². The van der Waals surface area contributed by atoms with Gasteiger partial charge in [0.1, 0.15) is 0 Å². The molecule has 62 valence electrons. The Bertz CT molecular complexity index is 165. The van der Waals surface area contributed by atoms with E-state index in [-0.39, 0.29) is 5.91 Å². The maximum absolute atomic E-state index is 11.1. The first kappa shape index (κ1) is 8.31. The van der Waals surface area contributed by atoms with Crippen LogP contribution >= 0.6 is 0 Å². The summed E-state index contributed by atoms with van der Waals surface area (Å²) in [5.41, 5.74) is 0. The highest BCUT2D eigenvalue weighted by atomic mass is 16.2. The van der Waals surface area contributed by atoms with E-state index in [4.69, 9.17) is 0 Å². The highest BCUT2D eigenvalue weighted by molar-refractivity contribution is 5.87. The minimum Gasteiger partial charge on any atom is -0.339 e. The minimum atomic E-state index is 0.0801. The lowest BCUT2D eigenvalue weighted by Crippen LogP contribution is -2.37. The zero-order valence-corrected chi connectivity index (χ0v) is 7.05. The predicted molar refractivity (Wildman–Crippen MR) is 45.2 cm³/mol. The van der Waals surface area contributed by atoms with Crippen molar-refractivity contribution in [1.82, 2.24) is 4.90 Å². The van der Waals surface area contributed by atoms with Crippen LogP contribution in [0.15, 0.2) is 12.7 Å². The molecule has 0 N–H and O–H groups in total. The van der Waals surface area contributed by atoms with Crippen molar-refractivity contribution in [2.24, 2.45) is 5.92 Å². The summed E-state index contributed by atoms with van der Waals surface area (Å²) in [7, 11) is 0. The molecule has 2 heteroatoms. The Kier molecular flexibility index (Phi) is 2.69. The fraction of sp³-hybridized carbons (Fsp3) is 0.667. The van der Waals surface area contributed by atoms with E-state index >= 15 is 0 Å². The van der Waals surface area contributed by atoms with Crippen LogP contribution in [0.3, 0.4) is 0 Å². The SMILES string of the molecule is C=CC(=O)N1CCC[C@@H](C)C1. The smallest absolute Gasteiger partial charge is 0.245 e. The van der Waals surface area contributed by atoms with E-state index in [1.165, 1.54) is 12.5 Å². The van der Waals surface area contributed by atoms with Crippen LogP contribution in [0.25, 0.3) is 0 Å². The van der Waals surface area contributed by atoms with E-state index < -0.39 is 0 Å². The Morgan fingerprint density at radius 1 is 1.73 bits per heavy atom. The summed E-state index contributed by atoms with van der Waals surface area (Å²) in [5.74, 6) is 0.740. The van der Waals surface area contributed by atoms with Crippen molar-refractivity contribution in [3.05, 3.63) is 12.7 Å². The van der Waals surface area contributed by atoms with Crippen LogP contribution in [0.5, 0.6) is 0 Å². The molecule has 0 bridgehead atoms. The van der Waals surface area contributed by atoms with Crippen molar-refractivity contribution in [2.45, 2.75) is 19.8 Å². The number of nitrogens with zero attached hydrogens (tertiary/aromatic N) is 1. The van der Waals surface area contributed by atoms with Crippen LogP contribution in [0.2, 0.25) is 0 Å². The zero-order chi connectivity index (χ0) is 8.27. The summed E-state index contributed by atoms with van der Waals surface area (Å²) in [6, 6.07) is 0. The molecule has 1 fully saturated rings. The first-order valence-electron chi connectivity index (χ1n) is 4.15. The first-order chi connectivity index (χ1) is 5.24. The summed E-state index contributed by atoms with van der Waals surface area (Å²) in [5, 5.41) is 0. The van der Waals surface area contributed by atoms with E-state index in [1.807, 2.05) is 4.90 Å². The molecule has 0 aromatic rings. The molecule has 1 saturated heterocycles. The Labute approximate surface area is 67.9 Å². The number of carbonyl (C=O) groups is 1. The van der Waals surface area contributed by atoms with Gasteiger partial charge in [-0.05, 0) is 24.8 Å². The second-order valence-corrected chi connectivity index (χ2v) is 3.24. The zero-order valence-electron chi connectivity index (χ0n) is 7.05. The van der Waals surface area contributed by atoms with Gasteiger partial charge in [0, 0.05) is 13.1 Å². The van der Waals surface area contributed by atoms with Gasteiger partial charge in [0.25, 0.3) is 0 Å². The molecule has 1 aliphatic heterocycles. The van der Waals surface area contributed by atoms with Crippen molar-refractivity contribution >= 4 is 5.91 Å². The van der Waals surface area contributed by atoms with Crippen molar-refractivity contribution in [1.29, 1.82) is 0 Å². The van der Waals surface area contributed by atoms with Gasteiger partial charge in [-0.3, -0.25) is 4.79 Å². The van der Waals surface area contributed by atoms with Gasteiger partial charge in [-0.25, -0.2) is 0 Å². The van der Waals surface area contributed by atoms with Crippen molar-refractivity contribution in [3.8, 4) is 0 Å². The standard InChI is InChI=1S/C9H15NO/c1-3-9(11)10-6-4-5-8(2)7-10/h3,8H,1,4-7H2,2H3/t8-/m1/s1. The van der Waals surface area contributed by atoms with Crippen LogP contribution < -0.4 is 0 Å². The molecule has 0 aromatic carbocycles. The minimum absolute atomic E-state index is 0.0801. The van der Waals surface area contributed by atoms with Gasteiger partial charge in [-0.15, -0.1) is 0 Å². The van der Waals surface area contributed by atoms with Crippen molar-refractivity contribution in [2.75, 3.05) is 13.1 Å². The van der Waals surface area contributed by atoms with Crippen LogP contribution in [0, 0.1) is 5.92 Å². The first-order valence-corrected chi connectivity index (χ1v) is 4.15. The fourth-order valence-electron chi connectivity index (χ4n) is 1.52. The summed E-state index contributed by atoms with van der Waals surface area (Å²) < 4.78 is 0. The Morgan fingerprint density at radius 3 is 3.00 bits per heavy atom. The normalized spacial score (nSPS) is 24.8. The van der Waals surface area contributed by atoms with Crippen molar-refractivity contribution in [3.63, 3.8) is 0 Å². The molecule has 0 saturated carbocycles. The quantitative estimate of drug-likeness (QED) is 0.522. The number of carbonyl (C=O) groups excluding carboxylic acids is 1. The average molecular weight is 153 g/mol. The highest BCUT2D eigenvalue weighted by Gasteiger charge is 2.18. The molecule has 11 heavy (non-hydrogen) atoms. The third kappa shape index (κ3) is 2.07. The molecular formula is C9H15NO. The summed E-state index contributed by atoms with van der Waals surface area (Å²) >= 11 is 0. The number of rotatable bonds is 1. The van der Waals surface area contributed by atoms with E-state index in [1.54, 1.807) is 0 Å². The molecule has 0 aromatic heterocycles. The van der Waals surface area contributed by atoms with Crippen LogP contribution in [0.4, 0.5) is 0 Å². The summed E-state index contributed by atoms with van der Waals surface area (Å²) in [6.07, 6.45) is 3.79. The summed E-state index contributed by atoms with van der Waals surface area (Å²) in [4.78, 5) is 13.0. The molecule has 1 rings (SSSR count). The van der Waals surface area contributed by atoms with Gasteiger partial charge in [0.05, 0.1) is 0 Å². The molecule has 1 heterocycles. The van der Waals surface area contributed by atoms with Gasteiger partial charge in [-0.2, -0.15) is 0 Å². The lowest BCUT2D eigenvalue weighted by molar-refractivity contribution is -0.127. The maximum Gasteiger partial charge on any atom is 0.245 e. The van der Waals surface area contributed by atoms with Gasteiger partial charge in [0.2, 0.25) is 5.91 Å². The maximum atomic E-state index is 11.1. The molecule has 1 amide bonds. The van der Waals surface area contributed by atoms with E-state index in [0.717, 1.165) is 19.5 Å². The van der Waals surface area contributed by atoms with E-state index in [9.17, 15) is 4.79 Å². The lowest BCUT2D eigenvalue weighted by atomic mass is 10.0. The highest BCUT2D eigenvalue weighted by Crippen LogP contribution is 2.15. The largest absolute Gasteiger partial charge is 0.339 e. The van der Waals surface area contributed by atoms with Crippen LogP contribution in [-0.2, 0) is 4.79 Å². The third-order valence-electron chi connectivity index (χ3n) is 2.14. The second-order valence-electron chi connectivity index (χ2n) is 3.24. The molecule has 1 atom stereocenters. The number of hydrogen-bond donors (Lipinski definition) is 0. The number of likely N-dealkylation sites (tertiary alicyclic amines) is 1. The van der Waals surface area contributed by atoms with Gasteiger partial charge in [0.15, 0.2) is 0 Å². The molecule has 2 nitrogen and oxygen atoms in total. The van der Waals surface area contributed by atoms with Gasteiger partial charge in [-0.1, -0.05) is 13.5 Å². The van der Waals surface area contributed by atoms with Gasteiger partial charge >= 0.3 is 0 Å². The lowest BCUT2D eigenvalue weighted by Gasteiger charge is -2.29. The molecule has 0 aliphatic carbocycles. The topological polar surface area (TPSA) is 20.3 Å². The molecule has 1 aliphatic rings. The third-order valence-corrected chi connectivity index (χ3v) is 2.14. The Balaban J connectivity index is 2.45. The fourth-order valence-corrected chi connectivity index (χ4v) is 1.52. The number of piperidine rings is 1. The molecule has 0 spiro atoms. The molecular weight excluding hydrogens is 138 g/mol. The number of amides is 1. The monoisotopic (exact) mass is 153 g/mol. The van der Waals surface area contributed by atoms with Gasteiger partial charge < -0.3 is 4.90 Å². The molecule has 0 radical (unpaired) electrons. The van der Waals surface area contributed by atoms with Crippen LogP contribution in [-0.4, -0.2) is 23.9 Å². The Morgan fingerprint density at radius 2 is 2.45 bits per heavy atom.